The van der Waals surface area contributed by atoms with E-state index in [4.69, 9.17) is 4.74 Å². The minimum absolute atomic E-state index is 0.125. The van der Waals surface area contributed by atoms with Gasteiger partial charge in [0.25, 0.3) is 5.91 Å². The molecule has 1 aromatic carbocycles. The number of hydrogen-bond donors (Lipinski definition) is 0. The van der Waals surface area contributed by atoms with Crippen molar-refractivity contribution in [1.29, 1.82) is 0 Å². The van der Waals surface area contributed by atoms with E-state index < -0.39 is 16.0 Å². The molecule has 0 fully saturated rings. The zero-order valence-corrected chi connectivity index (χ0v) is 15.9. The summed E-state index contributed by atoms with van der Waals surface area (Å²) in [6, 6.07) is 8.06. The van der Waals surface area contributed by atoms with Gasteiger partial charge < -0.3 is 9.64 Å². The number of carbonyl (C=O) groups is 1. The van der Waals surface area contributed by atoms with Gasteiger partial charge in [-0.1, -0.05) is 28.1 Å². The molecule has 1 amide bonds. The molecule has 7 heteroatoms. The summed E-state index contributed by atoms with van der Waals surface area (Å²) in [7, 11) is 1.69. The van der Waals surface area contributed by atoms with Crippen molar-refractivity contribution in [3.05, 3.63) is 59.7 Å². The first kappa shape index (κ1) is 17.1. The maximum absolute atomic E-state index is 13.3. The van der Waals surface area contributed by atoms with Crippen LogP contribution in [0.1, 0.15) is 18.1 Å². The lowest BCUT2D eigenvalue weighted by molar-refractivity contribution is -0.133. The van der Waals surface area contributed by atoms with Crippen molar-refractivity contribution in [3.8, 4) is 5.75 Å². The van der Waals surface area contributed by atoms with Crippen molar-refractivity contribution in [3.63, 3.8) is 0 Å². The van der Waals surface area contributed by atoms with Crippen molar-refractivity contribution >= 4 is 28.2 Å². The van der Waals surface area contributed by atoms with E-state index in [2.05, 4.69) is 25.9 Å². The number of alkyl halides is 1. The number of aliphatic imine (C=N–C) groups is 1. The van der Waals surface area contributed by atoms with Crippen molar-refractivity contribution in [2.45, 2.75) is 29.3 Å². The van der Waals surface area contributed by atoms with Gasteiger partial charge in [-0.25, -0.2) is 4.39 Å². The molecule has 4 rings (SSSR count). The van der Waals surface area contributed by atoms with E-state index in [1.54, 1.807) is 44.0 Å². The molecule has 0 saturated heterocycles. The summed E-state index contributed by atoms with van der Waals surface area (Å²) < 4.78 is 19.5. The predicted octanol–water partition coefficient (Wildman–Crippen LogP) is 3.07. The first-order valence-corrected chi connectivity index (χ1v) is 9.13. The predicted molar refractivity (Wildman–Crippen MR) is 99.0 cm³/mol. The Morgan fingerprint density at radius 2 is 2.04 bits per heavy atom. The zero-order chi connectivity index (χ0) is 18.5. The molecule has 2 aromatic rings. The third kappa shape index (κ3) is 2.37. The summed E-state index contributed by atoms with van der Waals surface area (Å²) in [4.78, 5) is 22.9. The Balaban J connectivity index is 1.83. The van der Waals surface area contributed by atoms with E-state index in [-0.39, 0.29) is 11.7 Å². The SMILES string of the molecule is CN1C=NC2(C1=O)c1ccncc1OC(C)(Cc1ccc(F)cc1)C2Br. The van der Waals surface area contributed by atoms with Gasteiger partial charge in [0.15, 0.2) is 5.54 Å². The van der Waals surface area contributed by atoms with Gasteiger partial charge in [-0.3, -0.25) is 14.8 Å². The number of halogens is 2. The number of hydrogen-bond acceptors (Lipinski definition) is 4. The van der Waals surface area contributed by atoms with Crippen molar-refractivity contribution < 1.29 is 13.9 Å². The van der Waals surface area contributed by atoms with Gasteiger partial charge in [0.05, 0.1) is 17.4 Å². The minimum Gasteiger partial charge on any atom is -0.484 e. The van der Waals surface area contributed by atoms with Crippen LogP contribution in [0.3, 0.4) is 0 Å². The van der Waals surface area contributed by atoms with Crippen LogP contribution < -0.4 is 4.74 Å². The number of carbonyl (C=O) groups excluding carboxylic acids is 1. The zero-order valence-electron chi connectivity index (χ0n) is 14.3. The molecule has 0 saturated carbocycles. The number of amides is 1. The Labute approximate surface area is 159 Å². The van der Waals surface area contributed by atoms with Crippen LogP contribution >= 0.6 is 15.9 Å². The van der Waals surface area contributed by atoms with Crippen LogP contribution in [0.2, 0.25) is 0 Å². The van der Waals surface area contributed by atoms with Crippen LogP contribution in [-0.4, -0.2) is 39.6 Å². The Bertz CT molecular complexity index is 904. The number of fused-ring (bicyclic) bond motifs is 2. The summed E-state index contributed by atoms with van der Waals surface area (Å²) in [6.45, 7) is 1.93. The lowest BCUT2D eigenvalue weighted by atomic mass is 9.75. The normalized spacial score (nSPS) is 29.8. The van der Waals surface area contributed by atoms with E-state index in [9.17, 15) is 9.18 Å². The highest BCUT2D eigenvalue weighted by Crippen LogP contribution is 2.52. The largest absolute Gasteiger partial charge is 0.484 e. The number of likely N-dealkylation sites (N-methyl/N-ethyl adjacent to an activating group) is 1. The molecule has 26 heavy (non-hydrogen) atoms. The van der Waals surface area contributed by atoms with Gasteiger partial charge in [-0.2, -0.15) is 0 Å². The van der Waals surface area contributed by atoms with E-state index in [1.165, 1.54) is 17.0 Å². The van der Waals surface area contributed by atoms with E-state index in [0.29, 0.717) is 17.7 Å². The molecule has 0 aliphatic carbocycles. The topological polar surface area (TPSA) is 54.8 Å². The number of ether oxygens (including phenoxy) is 1. The fraction of sp³-hybridized carbons (Fsp3) is 0.316. The standard InChI is InChI=1S/C19H17BrFN3O2/c1-18(9-12-3-5-13(21)6-4-12)16(20)19(17(25)24(2)11-23-19)14-7-8-22-10-15(14)26-18/h3-8,10-11,16H,9H2,1-2H3. The summed E-state index contributed by atoms with van der Waals surface area (Å²) in [5.74, 6) is 0.121. The number of benzene rings is 1. The van der Waals surface area contributed by atoms with Gasteiger partial charge >= 0.3 is 0 Å². The quantitative estimate of drug-likeness (QED) is 0.705. The van der Waals surface area contributed by atoms with Crippen LogP contribution in [0.15, 0.2) is 47.7 Å². The number of nitrogens with zero attached hydrogens (tertiary/aromatic N) is 3. The molecule has 0 bridgehead atoms. The monoisotopic (exact) mass is 417 g/mol. The lowest BCUT2D eigenvalue weighted by Crippen LogP contribution is -2.60. The van der Waals surface area contributed by atoms with Crippen molar-refractivity contribution in [1.82, 2.24) is 9.88 Å². The highest BCUT2D eigenvalue weighted by atomic mass is 79.9. The highest BCUT2D eigenvalue weighted by molar-refractivity contribution is 9.09. The van der Waals surface area contributed by atoms with Gasteiger partial charge in [0.1, 0.15) is 17.2 Å². The molecule has 2 aliphatic rings. The van der Waals surface area contributed by atoms with Crippen LogP contribution in [0.5, 0.6) is 5.75 Å². The molecule has 0 radical (unpaired) electrons. The van der Waals surface area contributed by atoms with Crippen LogP contribution in [0.4, 0.5) is 4.39 Å². The molecule has 2 aliphatic heterocycles. The molecule has 1 aromatic heterocycles. The molecule has 3 unspecified atom stereocenters. The summed E-state index contributed by atoms with van der Waals surface area (Å²) in [5, 5.41) is 0. The number of pyridine rings is 1. The third-order valence-corrected chi connectivity index (χ3v) is 6.62. The Kier molecular flexibility index (Phi) is 3.87. The summed E-state index contributed by atoms with van der Waals surface area (Å²) in [5.41, 5.74) is -0.299. The van der Waals surface area contributed by atoms with Gasteiger partial charge in [0, 0.05) is 25.2 Å². The molecule has 134 valence electrons. The highest BCUT2D eigenvalue weighted by Gasteiger charge is 2.61. The molecule has 0 N–H and O–H groups in total. The lowest BCUT2D eigenvalue weighted by Gasteiger charge is -2.47. The summed E-state index contributed by atoms with van der Waals surface area (Å²) in [6.07, 6.45) is 5.27. The Morgan fingerprint density at radius 3 is 2.69 bits per heavy atom. The number of rotatable bonds is 2. The molecular weight excluding hydrogens is 401 g/mol. The maximum Gasteiger partial charge on any atom is 0.261 e. The van der Waals surface area contributed by atoms with Gasteiger partial charge in [0.2, 0.25) is 0 Å². The van der Waals surface area contributed by atoms with Crippen molar-refractivity contribution in [2.24, 2.45) is 4.99 Å². The first-order chi connectivity index (χ1) is 12.4. The Morgan fingerprint density at radius 1 is 1.31 bits per heavy atom. The second kappa shape index (κ2) is 5.87. The average molecular weight is 418 g/mol. The second-order valence-corrected chi connectivity index (χ2v) is 7.80. The van der Waals surface area contributed by atoms with E-state index >= 15 is 0 Å². The Hall–Kier alpha value is -2.28. The minimum atomic E-state index is -1.11. The molecular formula is C19H17BrFN3O2. The first-order valence-electron chi connectivity index (χ1n) is 8.21. The molecule has 5 nitrogen and oxygen atoms in total. The van der Waals surface area contributed by atoms with Crippen molar-refractivity contribution in [2.75, 3.05) is 7.05 Å². The van der Waals surface area contributed by atoms with Crippen LogP contribution in [0.25, 0.3) is 0 Å². The van der Waals surface area contributed by atoms with E-state index in [1.807, 2.05) is 6.92 Å². The summed E-state index contributed by atoms with van der Waals surface area (Å²) >= 11 is 3.72. The fourth-order valence-corrected chi connectivity index (χ4v) is 4.52. The van der Waals surface area contributed by atoms with Crippen LogP contribution in [-0.2, 0) is 16.8 Å². The van der Waals surface area contributed by atoms with E-state index in [0.717, 1.165) is 5.56 Å². The fourth-order valence-electron chi connectivity index (χ4n) is 3.70. The van der Waals surface area contributed by atoms with Crippen LogP contribution in [0, 0.1) is 5.82 Å². The third-order valence-electron chi connectivity index (χ3n) is 4.99. The molecule has 1 spiro atoms. The van der Waals surface area contributed by atoms with Gasteiger partial charge in [-0.15, -0.1) is 0 Å². The molecule has 3 atom stereocenters. The average Bonchev–Trinajstić information content (AvgIpc) is 2.92. The van der Waals surface area contributed by atoms with Gasteiger partial charge in [-0.05, 0) is 30.7 Å². The maximum atomic E-state index is 13.3. The number of aromatic nitrogens is 1. The second-order valence-electron chi connectivity index (χ2n) is 6.88. The smallest absolute Gasteiger partial charge is 0.261 e. The molecule has 3 heterocycles.